The maximum Gasteiger partial charge on any atom is 0.0797 e. The van der Waals surface area contributed by atoms with Gasteiger partial charge in [0.25, 0.3) is 0 Å². The third-order valence-corrected chi connectivity index (χ3v) is 4.66. The summed E-state index contributed by atoms with van der Waals surface area (Å²) in [6.45, 7) is 0. The molecule has 3 rings (SSSR count). The van der Waals surface area contributed by atoms with E-state index in [9.17, 15) is 0 Å². The van der Waals surface area contributed by atoms with Crippen LogP contribution in [-0.2, 0) is 18.4 Å². The van der Waals surface area contributed by atoms with Crippen molar-refractivity contribution in [2.75, 3.05) is 7.05 Å². The van der Waals surface area contributed by atoms with Gasteiger partial charge >= 0.3 is 0 Å². The number of hydrogen-bond acceptors (Lipinski definition) is 3. The molecular weight excluding hydrogens is 228 g/mol. The van der Waals surface area contributed by atoms with Crippen molar-refractivity contribution in [3.8, 4) is 0 Å². The number of nitrogens with one attached hydrogen (secondary N) is 1. The molecule has 0 bridgehead atoms. The van der Waals surface area contributed by atoms with E-state index < -0.39 is 0 Å². The molecule has 17 heavy (non-hydrogen) atoms. The van der Waals surface area contributed by atoms with Gasteiger partial charge in [-0.3, -0.25) is 0 Å². The molecule has 1 heterocycles. The van der Waals surface area contributed by atoms with Crippen molar-refractivity contribution in [1.82, 2.24) is 10.3 Å². The number of rotatable bonds is 2. The Morgan fingerprint density at radius 3 is 2.88 bits per heavy atom. The van der Waals surface area contributed by atoms with E-state index in [1.165, 1.54) is 16.1 Å². The van der Waals surface area contributed by atoms with Crippen LogP contribution in [-0.4, -0.2) is 12.0 Å². The summed E-state index contributed by atoms with van der Waals surface area (Å²) in [5.41, 5.74) is 4.76. The largest absolute Gasteiger partial charge is 0.310 e. The van der Waals surface area contributed by atoms with Gasteiger partial charge in [0.1, 0.15) is 0 Å². The van der Waals surface area contributed by atoms with Gasteiger partial charge in [0.2, 0.25) is 0 Å². The van der Waals surface area contributed by atoms with Gasteiger partial charge in [-0.25, -0.2) is 4.98 Å². The minimum atomic E-state index is 0.0980. The Balaban J connectivity index is 2.01. The monoisotopic (exact) mass is 244 g/mol. The number of likely N-dealkylation sites (N-methyl/N-ethyl adjacent to an activating group) is 1. The van der Waals surface area contributed by atoms with Gasteiger partial charge in [0.05, 0.1) is 11.2 Å². The molecule has 1 unspecified atom stereocenters. The summed E-state index contributed by atoms with van der Waals surface area (Å²) in [6, 6.07) is 10.8. The average molecular weight is 244 g/mol. The maximum absolute atomic E-state index is 4.44. The molecular formula is C14H16N2S. The first-order chi connectivity index (χ1) is 8.34. The minimum absolute atomic E-state index is 0.0980. The summed E-state index contributed by atoms with van der Waals surface area (Å²) in [7, 11) is 2.07. The van der Waals surface area contributed by atoms with Crippen molar-refractivity contribution in [1.29, 1.82) is 0 Å². The molecule has 1 aliphatic carbocycles. The molecule has 0 fully saturated rings. The van der Waals surface area contributed by atoms with E-state index >= 15 is 0 Å². The molecule has 2 aromatic rings. The zero-order chi connectivity index (χ0) is 11.7. The highest BCUT2D eigenvalue weighted by Gasteiger charge is 2.35. The minimum Gasteiger partial charge on any atom is -0.310 e. The summed E-state index contributed by atoms with van der Waals surface area (Å²) in [6.07, 6.45) is 3.27. The Morgan fingerprint density at radius 2 is 2.12 bits per heavy atom. The standard InChI is InChI=1S/C14H16N2S/c1-15-14(11-5-3-2-4-6-11)8-7-12-13(9-14)17-10-16-12/h2-6,10,15H,7-9H2,1H3. The van der Waals surface area contributed by atoms with E-state index in [4.69, 9.17) is 0 Å². The van der Waals surface area contributed by atoms with E-state index in [-0.39, 0.29) is 5.54 Å². The zero-order valence-corrected chi connectivity index (χ0v) is 10.8. The van der Waals surface area contributed by atoms with Crippen molar-refractivity contribution in [3.63, 3.8) is 0 Å². The molecule has 0 amide bonds. The Kier molecular flexibility index (Phi) is 2.73. The van der Waals surface area contributed by atoms with Crippen LogP contribution in [0.15, 0.2) is 35.8 Å². The smallest absolute Gasteiger partial charge is 0.0797 e. The quantitative estimate of drug-likeness (QED) is 0.878. The summed E-state index contributed by atoms with van der Waals surface area (Å²) in [5.74, 6) is 0. The van der Waals surface area contributed by atoms with Gasteiger partial charge in [-0.15, -0.1) is 11.3 Å². The first-order valence-corrected chi connectivity index (χ1v) is 6.88. The number of fused-ring (bicyclic) bond motifs is 1. The highest BCUT2D eigenvalue weighted by molar-refractivity contribution is 7.09. The molecule has 3 heteroatoms. The Labute approximate surface area is 106 Å². The molecule has 0 radical (unpaired) electrons. The lowest BCUT2D eigenvalue weighted by Gasteiger charge is -2.37. The highest BCUT2D eigenvalue weighted by atomic mass is 32.1. The van der Waals surface area contributed by atoms with Gasteiger partial charge in [-0.1, -0.05) is 30.3 Å². The van der Waals surface area contributed by atoms with Crippen LogP contribution in [0, 0.1) is 0 Å². The molecule has 1 N–H and O–H groups in total. The van der Waals surface area contributed by atoms with Crippen molar-refractivity contribution in [2.24, 2.45) is 0 Å². The number of benzene rings is 1. The first kappa shape index (κ1) is 10.9. The predicted octanol–water partition coefficient (Wildman–Crippen LogP) is 2.75. The van der Waals surface area contributed by atoms with E-state index in [0.29, 0.717) is 0 Å². The lowest BCUT2D eigenvalue weighted by Crippen LogP contribution is -2.44. The van der Waals surface area contributed by atoms with E-state index in [1.54, 1.807) is 11.3 Å². The van der Waals surface area contributed by atoms with Crippen LogP contribution in [0.2, 0.25) is 0 Å². The van der Waals surface area contributed by atoms with E-state index in [2.05, 4.69) is 47.7 Å². The summed E-state index contributed by atoms with van der Waals surface area (Å²) >= 11 is 1.79. The van der Waals surface area contributed by atoms with E-state index in [0.717, 1.165) is 19.3 Å². The second-order valence-electron chi connectivity index (χ2n) is 4.60. The number of aryl methyl sites for hydroxylation is 1. The molecule has 2 nitrogen and oxygen atoms in total. The highest BCUT2D eigenvalue weighted by Crippen LogP contribution is 2.37. The predicted molar refractivity (Wildman–Crippen MR) is 71.3 cm³/mol. The Bertz CT molecular complexity index is 506. The number of hydrogen-bond donors (Lipinski definition) is 1. The second-order valence-corrected chi connectivity index (χ2v) is 5.54. The lowest BCUT2D eigenvalue weighted by molar-refractivity contribution is 0.316. The fourth-order valence-corrected chi connectivity index (χ4v) is 3.62. The third kappa shape index (κ3) is 1.79. The van der Waals surface area contributed by atoms with Crippen LogP contribution in [0.4, 0.5) is 0 Å². The maximum atomic E-state index is 4.44. The number of nitrogens with zero attached hydrogens (tertiary/aromatic N) is 1. The zero-order valence-electron chi connectivity index (χ0n) is 9.94. The molecule has 0 aliphatic heterocycles. The van der Waals surface area contributed by atoms with Gasteiger partial charge in [0, 0.05) is 16.8 Å². The van der Waals surface area contributed by atoms with Crippen LogP contribution < -0.4 is 5.32 Å². The molecule has 1 aliphatic rings. The fourth-order valence-electron chi connectivity index (χ4n) is 2.70. The summed E-state index contributed by atoms with van der Waals surface area (Å²) in [4.78, 5) is 5.88. The fraction of sp³-hybridized carbons (Fsp3) is 0.357. The molecule has 1 atom stereocenters. The molecule has 0 saturated carbocycles. The van der Waals surface area contributed by atoms with Gasteiger partial charge in [0.15, 0.2) is 0 Å². The van der Waals surface area contributed by atoms with Crippen LogP contribution >= 0.6 is 11.3 Å². The van der Waals surface area contributed by atoms with Crippen LogP contribution in [0.5, 0.6) is 0 Å². The van der Waals surface area contributed by atoms with Crippen molar-refractivity contribution in [2.45, 2.75) is 24.8 Å². The van der Waals surface area contributed by atoms with E-state index in [1.807, 2.05) is 5.51 Å². The number of thiazole rings is 1. The van der Waals surface area contributed by atoms with Gasteiger partial charge in [-0.05, 0) is 25.5 Å². The van der Waals surface area contributed by atoms with Crippen LogP contribution in [0.25, 0.3) is 0 Å². The normalized spacial score (nSPS) is 23.4. The Hall–Kier alpha value is -1.19. The second kappa shape index (κ2) is 4.24. The van der Waals surface area contributed by atoms with Crippen LogP contribution in [0.1, 0.15) is 22.6 Å². The summed E-state index contributed by atoms with van der Waals surface area (Å²) in [5, 5.41) is 3.54. The van der Waals surface area contributed by atoms with Crippen molar-refractivity contribution >= 4 is 11.3 Å². The molecule has 0 spiro atoms. The topological polar surface area (TPSA) is 24.9 Å². The number of aromatic nitrogens is 1. The Morgan fingerprint density at radius 1 is 1.29 bits per heavy atom. The molecule has 1 aromatic heterocycles. The molecule has 1 aromatic carbocycles. The van der Waals surface area contributed by atoms with Gasteiger partial charge < -0.3 is 5.32 Å². The van der Waals surface area contributed by atoms with Gasteiger partial charge in [-0.2, -0.15) is 0 Å². The lowest BCUT2D eigenvalue weighted by atomic mass is 9.78. The van der Waals surface area contributed by atoms with Crippen LogP contribution in [0.3, 0.4) is 0 Å². The third-order valence-electron chi connectivity index (χ3n) is 3.78. The SMILES string of the molecule is CNC1(c2ccccc2)CCc2ncsc2C1. The molecule has 88 valence electrons. The first-order valence-electron chi connectivity index (χ1n) is 6.00. The molecule has 0 saturated heterocycles. The van der Waals surface area contributed by atoms with Crippen molar-refractivity contribution < 1.29 is 0 Å². The van der Waals surface area contributed by atoms with Crippen molar-refractivity contribution in [3.05, 3.63) is 52.0 Å². The average Bonchev–Trinajstić information content (AvgIpc) is 2.86. The summed E-state index contributed by atoms with van der Waals surface area (Å²) < 4.78 is 0.